The number of rotatable bonds is 3. The normalized spacial score (nSPS) is 20.8. The Morgan fingerprint density at radius 3 is 2.80 bits per heavy atom. The smallest absolute Gasteiger partial charge is 0.410 e. The number of carbonyl (C=O) groups excluding carboxylic acids is 1. The van der Waals surface area contributed by atoms with E-state index in [1.54, 1.807) is 0 Å². The van der Waals surface area contributed by atoms with Crippen LogP contribution >= 0.6 is 0 Å². The van der Waals surface area contributed by atoms with Gasteiger partial charge in [0.1, 0.15) is 5.60 Å². The molecule has 0 bridgehead atoms. The number of aryl methyl sites for hydroxylation is 1. The van der Waals surface area contributed by atoms with E-state index < -0.39 is 5.60 Å². The first-order valence-electron chi connectivity index (χ1n) is 9.78. The number of amides is 1. The average molecular weight is 344 g/mol. The van der Waals surface area contributed by atoms with E-state index in [0.717, 1.165) is 25.9 Å². The summed E-state index contributed by atoms with van der Waals surface area (Å²) >= 11 is 0. The maximum Gasteiger partial charge on any atom is 0.410 e. The summed E-state index contributed by atoms with van der Waals surface area (Å²) in [5.41, 5.74) is 3.79. The summed E-state index contributed by atoms with van der Waals surface area (Å²) in [6.07, 6.45) is 8.05. The lowest BCUT2D eigenvalue weighted by atomic mass is 9.90. The molecule has 0 aromatic heterocycles. The zero-order chi connectivity index (χ0) is 17.9. The van der Waals surface area contributed by atoms with Crippen LogP contribution in [0.25, 0.3) is 0 Å². The predicted octanol–water partition coefficient (Wildman–Crippen LogP) is 4.77. The number of fused-ring (bicyclic) bond motifs is 1. The van der Waals surface area contributed by atoms with E-state index in [1.165, 1.54) is 48.9 Å². The number of nitrogens with zero attached hydrogens (tertiary/aromatic N) is 1. The van der Waals surface area contributed by atoms with Crippen LogP contribution in [0.15, 0.2) is 18.2 Å². The number of benzene rings is 1. The Hall–Kier alpha value is -1.71. The topological polar surface area (TPSA) is 41.6 Å². The fraction of sp³-hybridized carbons (Fsp3) is 0.667. The third kappa shape index (κ3) is 4.68. The van der Waals surface area contributed by atoms with E-state index in [4.69, 9.17) is 4.74 Å². The molecule has 0 saturated carbocycles. The van der Waals surface area contributed by atoms with Gasteiger partial charge in [-0.3, -0.25) is 0 Å². The molecule has 1 N–H and O–H groups in total. The molecule has 4 heteroatoms. The van der Waals surface area contributed by atoms with Crippen LogP contribution in [0.2, 0.25) is 0 Å². The second kappa shape index (κ2) is 7.67. The summed E-state index contributed by atoms with van der Waals surface area (Å²) < 4.78 is 5.61. The van der Waals surface area contributed by atoms with Gasteiger partial charge in [0.05, 0.1) is 6.04 Å². The van der Waals surface area contributed by atoms with E-state index in [-0.39, 0.29) is 12.1 Å². The van der Waals surface area contributed by atoms with Gasteiger partial charge in [-0.2, -0.15) is 0 Å². The minimum absolute atomic E-state index is 0.172. The van der Waals surface area contributed by atoms with E-state index in [9.17, 15) is 4.79 Å². The van der Waals surface area contributed by atoms with Crippen molar-refractivity contribution in [2.45, 2.75) is 77.4 Å². The Kier molecular flexibility index (Phi) is 5.55. The Bertz CT molecular complexity index is 606. The summed E-state index contributed by atoms with van der Waals surface area (Å²) in [6.45, 7) is 7.39. The molecule has 0 radical (unpaired) electrons. The fourth-order valence-corrected chi connectivity index (χ4v) is 3.95. The number of anilines is 1. The monoisotopic (exact) mass is 344 g/mol. The van der Waals surface area contributed by atoms with Crippen molar-refractivity contribution >= 4 is 11.8 Å². The van der Waals surface area contributed by atoms with Crippen molar-refractivity contribution in [1.29, 1.82) is 0 Å². The van der Waals surface area contributed by atoms with Gasteiger partial charge in [0.25, 0.3) is 0 Å². The van der Waals surface area contributed by atoms with Crippen molar-refractivity contribution in [3.8, 4) is 0 Å². The third-order valence-corrected chi connectivity index (χ3v) is 5.18. The Labute approximate surface area is 151 Å². The van der Waals surface area contributed by atoms with Crippen molar-refractivity contribution in [1.82, 2.24) is 4.90 Å². The van der Waals surface area contributed by atoms with Gasteiger partial charge in [0.15, 0.2) is 0 Å². The van der Waals surface area contributed by atoms with Gasteiger partial charge in [-0.05, 0) is 82.9 Å². The number of piperidine rings is 1. The van der Waals surface area contributed by atoms with Gasteiger partial charge in [-0.25, -0.2) is 4.79 Å². The number of hydrogen-bond acceptors (Lipinski definition) is 3. The molecular weight excluding hydrogens is 312 g/mol. The zero-order valence-corrected chi connectivity index (χ0v) is 15.9. The van der Waals surface area contributed by atoms with Crippen LogP contribution < -0.4 is 5.32 Å². The molecule has 0 spiro atoms. The molecule has 1 atom stereocenters. The van der Waals surface area contributed by atoms with Crippen LogP contribution in [0.5, 0.6) is 0 Å². The summed E-state index contributed by atoms with van der Waals surface area (Å²) in [4.78, 5) is 14.5. The van der Waals surface area contributed by atoms with Gasteiger partial charge >= 0.3 is 6.09 Å². The highest BCUT2D eigenvalue weighted by Crippen LogP contribution is 2.28. The lowest BCUT2D eigenvalue weighted by Crippen LogP contribution is -2.49. The second-order valence-electron chi connectivity index (χ2n) is 8.35. The molecule has 138 valence electrons. The fourth-order valence-electron chi connectivity index (χ4n) is 3.95. The quantitative estimate of drug-likeness (QED) is 0.859. The molecule has 1 saturated heterocycles. The van der Waals surface area contributed by atoms with Gasteiger partial charge in [0, 0.05) is 18.8 Å². The second-order valence-corrected chi connectivity index (χ2v) is 8.35. The number of carbonyl (C=O) groups is 1. The molecule has 1 aliphatic heterocycles. The highest BCUT2D eigenvalue weighted by atomic mass is 16.6. The molecule has 4 nitrogen and oxygen atoms in total. The first-order chi connectivity index (χ1) is 11.9. The minimum Gasteiger partial charge on any atom is -0.444 e. The van der Waals surface area contributed by atoms with E-state index in [0.29, 0.717) is 0 Å². The van der Waals surface area contributed by atoms with Crippen LogP contribution in [0, 0.1) is 0 Å². The molecule has 2 aliphatic rings. The maximum atomic E-state index is 12.5. The SMILES string of the molecule is CC(C)(C)OC(=O)N1CCCCC1CNc1cccc2c1CCCC2. The Morgan fingerprint density at radius 1 is 1.20 bits per heavy atom. The van der Waals surface area contributed by atoms with Crippen molar-refractivity contribution < 1.29 is 9.53 Å². The minimum atomic E-state index is -0.439. The molecule has 3 rings (SSSR count). The largest absolute Gasteiger partial charge is 0.444 e. The van der Waals surface area contributed by atoms with E-state index in [1.807, 2.05) is 25.7 Å². The standard InChI is InChI=1S/C21H32N2O2/c1-21(2,3)25-20(24)23-14-7-6-11-17(23)15-22-19-13-8-10-16-9-4-5-12-18(16)19/h8,10,13,17,22H,4-7,9,11-12,14-15H2,1-3H3. The van der Waals surface area contributed by atoms with Crippen LogP contribution in [0.1, 0.15) is 64.0 Å². The van der Waals surface area contributed by atoms with Gasteiger partial charge < -0.3 is 15.0 Å². The lowest BCUT2D eigenvalue weighted by Gasteiger charge is -2.37. The van der Waals surface area contributed by atoms with Crippen LogP contribution in [0.3, 0.4) is 0 Å². The highest BCUT2D eigenvalue weighted by Gasteiger charge is 2.30. The molecule has 1 unspecified atom stereocenters. The first-order valence-corrected chi connectivity index (χ1v) is 9.78. The van der Waals surface area contributed by atoms with E-state index >= 15 is 0 Å². The number of ether oxygens (including phenoxy) is 1. The van der Waals surface area contributed by atoms with Crippen LogP contribution in [-0.2, 0) is 17.6 Å². The first kappa shape index (κ1) is 18.1. The van der Waals surface area contributed by atoms with E-state index in [2.05, 4.69) is 23.5 Å². The van der Waals surface area contributed by atoms with Crippen molar-refractivity contribution in [3.63, 3.8) is 0 Å². The van der Waals surface area contributed by atoms with Gasteiger partial charge in [0.2, 0.25) is 0 Å². The lowest BCUT2D eigenvalue weighted by molar-refractivity contribution is 0.0114. The summed E-state index contributed by atoms with van der Waals surface area (Å²) in [5, 5.41) is 3.64. The van der Waals surface area contributed by atoms with Crippen molar-refractivity contribution in [2.24, 2.45) is 0 Å². The zero-order valence-electron chi connectivity index (χ0n) is 15.9. The maximum absolute atomic E-state index is 12.5. The molecule has 25 heavy (non-hydrogen) atoms. The molecule has 1 amide bonds. The highest BCUT2D eigenvalue weighted by molar-refractivity contribution is 5.69. The van der Waals surface area contributed by atoms with Crippen LogP contribution in [-0.4, -0.2) is 35.7 Å². The summed E-state index contributed by atoms with van der Waals surface area (Å²) in [6, 6.07) is 6.81. The average Bonchev–Trinajstić information content (AvgIpc) is 2.58. The van der Waals surface area contributed by atoms with Gasteiger partial charge in [-0.15, -0.1) is 0 Å². The molecular formula is C21H32N2O2. The number of likely N-dealkylation sites (tertiary alicyclic amines) is 1. The number of hydrogen-bond donors (Lipinski definition) is 1. The molecule has 1 aromatic rings. The molecule has 1 heterocycles. The van der Waals surface area contributed by atoms with Crippen molar-refractivity contribution in [3.05, 3.63) is 29.3 Å². The Balaban J connectivity index is 1.65. The molecule has 1 aromatic carbocycles. The summed E-state index contributed by atoms with van der Waals surface area (Å²) in [5.74, 6) is 0. The van der Waals surface area contributed by atoms with Crippen molar-refractivity contribution in [2.75, 3.05) is 18.4 Å². The van der Waals surface area contributed by atoms with Gasteiger partial charge in [-0.1, -0.05) is 12.1 Å². The van der Waals surface area contributed by atoms with Crippen LogP contribution in [0.4, 0.5) is 10.5 Å². The molecule has 1 aliphatic carbocycles. The third-order valence-electron chi connectivity index (χ3n) is 5.18. The number of nitrogens with one attached hydrogen (secondary N) is 1. The predicted molar refractivity (Wildman–Crippen MR) is 102 cm³/mol. The molecule has 1 fully saturated rings. The summed E-state index contributed by atoms with van der Waals surface area (Å²) in [7, 11) is 0. The Morgan fingerprint density at radius 2 is 2.00 bits per heavy atom.